The van der Waals surface area contributed by atoms with E-state index in [1.54, 1.807) is 11.9 Å². The van der Waals surface area contributed by atoms with Gasteiger partial charge in [0.15, 0.2) is 0 Å². The Morgan fingerprint density at radius 2 is 1.67 bits per heavy atom. The summed E-state index contributed by atoms with van der Waals surface area (Å²) in [6.07, 6.45) is 0. The topological polar surface area (TPSA) is 58.4 Å². The first-order valence-electron chi connectivity index (χ1n) is 7.00. The molecule has 21 heavy (non-hydrogen) atoms. The maximum absolute atomic E-state index is 12.1. The quantitative estimate of drug-likeness (QED) is 0.885. The van der Waals surface area contributed by atoms with Crippen LogP contribution in [0.4, 0.5) is 4.79 Å². The Labute approximate surface area is 125 Å². The molecule has 0 saturated carbocycles. The monoisotopic (exact) mass is 283 g/mol. The average molecular weight is 283 g/mol. The van der Waals surface area contributed by atoms with E-state index in [4.69, 9.17) is 5.73 Å². The van der Waals surface area contributed by atoms with Gasteiger partial charge in [-0.2, -0.15) is 0 Å². The van der Waals surface area contributed by atoms with Gasteiger partial charge >= 0.3 is 6.03 Å². The first-order valence-corrected chi connectivity index (χ1v) is 7.00. The summed E-state index contributed by atoms with van der Waals surface area (Å²) >= 11 is 0. The molecular formula is C17H21N3O. The number of carbonyl (C=O) groups excluding carboxylic acids is 1. The number of nitrogens with two attached hydrogens (primary N) is 1. The molecule has 0 bridgehead atoms. The molecule has 0 fully saturated rings. The number of amides is 2. The van der Waals surface area contributed by atoms with Crippen molar-refractivity contribution in [1.82, 2.24) is 10.2 Å². The van der Waals surface area contributed by atoms with Crippen LogP contribution in [0.15, 0.2) is 54.6 Å². The third kappa shape index (κ3) is 4.33. The summed E-state index contributed by atoms with van der Waals surface area (Å²) in [5, 5.41) is 2.91. The van der Waals surface area contributed by atoms with Gasteiger partial charge in [-0.05, 0) is 16.7 Å². The highest BCUT2D eigenvalue weighted by Crippen LogP contribution is 2.10. The Morgan fingerprint density at radius 1 is 1.05 bits per heavy atom. The van der Waals surface area contributed by atoms with Gasteiger partial charge in [0.1, 0.15) is 0 Å². The first-order chi connectivity index (χ1) is 10.2. The van der Waals surface area contributed by atoms with Gasteiger partial charge in [0.25, 0.3) is 0 Å². The predicted octanol–water partition coefficient (Wildman–Crippen LogP) is 2.49. The van der Waals surface area contributed by atoms with Gasteiger partial charge in [-0.3, -0.25) is 0 Å². The minimum Gasteiger partial charge on any atom is -0.334 e. The molecule has 3 N–H and O–H groups in total. The van der Waals surface area contributed by atoms with Gasteiger partial charge in [0, 0.05) is 26.7 Å². The lowest BCUT2D eigenvalue weighted by Crippen LogP contribution is -2.36. The number of urea groups is 1. The van der Waals surface area contributed by atoms with Crippen LogP contribution in [-0.2, 0) is 19.6 Å². The van der Waals surface area contributed by atoms with E-state index in [0.29, 0.717) is 19.6 Å². The number of carbonyl (C=O) groups is 1. The predicted molar refractivity (Wildman–Crippen MR) is 84.5 cm³/mol. The van der Waals surface area contributed by atoms with E-state index in [-0.39, 0.29) is 6.03 Å². The van der Waals surface area contributed by atoms with E-state index in [9.17, 15) is 4.79 Å². The molecule has 2 amide bonds. The normalized spacial score (nSPS) is 10.2. The second-order valence-corrected chi connectivity index (χ2v) is 4.97. The van der Waals surface area contributed by atoms with Gasteiger partial charge in [-0.1, -0.05) is 54.6 Å². The van der Waals surface area contributed by atoms with Crippen molar-refractivity contribution in [1.29, 1.82) is 0 Å². The van der Waals surface area contributed by atoms with E-state index in [1.807, 2.05) is 54.6 Å². The molecule has 0 heterocycles. The van der Waals surface area contributed by atoms with Gasteiger partial charge in [-0.15, -0.1) is 0 Å². The Morgan fingerprint density at radius 3 is 2.33 bits per heavy atom. The average Bonchev–Trinajstić information content (AvgIpc) is 2.54. The zero-order valence-electron chi connectivity index (χ0n) is 12.3. The third-order valence-electron chi connectivity index (χ3n) is 3.38. The summed E-state index contributed by atoms with van der Waals surface area (Å²) in [5.74, 6) is 0. The van der Waals surface area contributed by atoms with E-state index in [0.717, 1.165) is 16.7 Å². The molecule has 0 aliphatic carbocycles. The molecule has 0 saturated heterocycles. The van der Waals surface area contributed by atoms with Crippen LogP contribution in [0.2, 0.25) is 0 Å². The molecule has 0 aromatic heterocycles. The second kappa shape index (κ2) is 7.45. The van der Waals surface area contributed by atoms with Crippen LogP contribution in [-0.4, -0.2) is 18.0 Å². The molecule has 2 rings (SSSR count). The molecule has 4 heteroatoms. The minimum absolute atomic E-state index is 0.0920. The molecule has 0 unspecified atom stereocenters. The van der Waals surface area contributed by atoms with Crippen molar-refractivity contribution >= 4 is 6.03 Å². The molecule has 4 nitrogen and oxygen atoms in total. The molecule has 0 aliphatic rings. The third-order valence-corrected chi connectivity index (χ3v) is 3.38. The summed E-state index contributed by atoms with van der Waals surface area (Å²) in [6.45, 7) is 1.56. The number of rotatable bonds is 5. The van der Waals surface area contributed by atoms with Crippen molar-refractivity contribution in [3.05, 3.63) is 71.3 Å². The molecular weight excluding hydrogens is 262 g/mol. The number of nitrogens with one attached hydrogen (secondary N) is 1. The maximum atomic E-state index is 12.1. The van der Waals surface area contributed by atoms with Crippen LogP contribution >= 0.6 is 0 Å². The molecule has 2 aromatic carbocycles. The zero-order chi connectivity index (χ0) is 15.1. The fourth-order valence-corrected chi connectivity index (χ4v) is 2.15. The van der Waals surface area contributed by atoms with E-state index < -0.39 is 0 Å². The van der Waals surface area contributed by atoms with Crippen LogP contribution in [0.25, 0.3) is 0 Å². The Balaban J connectivity index is 1.90. The van der Waals surface area contributed by atoms with Crippen molar-refractivity contribution in [3.8, 4) is 0 Å². The number of benzene rings is 2. The fourth-order valence-electron chi connectivity index (χ4n) is 2.15. The van der Waals surface area contributed by atoms with Crippen molar-refractivity contribution in [2.75, 3.05) is 7.05 Å². The van der Waals surface area contributed by atoms with Crippen LogP contribution in [0.3, 0.4) is 0 Å². The zero-order valence-corrected chi connectivity index (χ0v) is 12.3. The van der Waals surface area contributed by atoms with E-state index in [2.05, 4.69) is 5.32 Å². The highest BCUT2D eigenvalue weighted by atomic mass is 16.2. The van der Waals surface area contributed by atoms with Gasteiger partial charge in [0.2, 0.25) is 0 Å². The Kier molecular flexibility index (Phi) is 5.35. The van der Waals surface area contributed by atoms with Crippen LogP contribution in [0.5, 0.6) is 0 Å². The summed E-state index contributed by atoms with van der Waals surface area (Å²) in [6, 6.07) is 17.7. The number of hydrogen-bond donors (Lipinski definition) is 2. The molecule has 0 atom stereocenters. The smallest absolute Gasteiger partial charge is 0.317 e. The highest BCUT2D eigenvalue weighted by molar-refractivity contribution is 5.73. The van der Waals surface area contributed by atoms with Crippen molar-refractivity contribution in [2.24, 2.45) is 5.73 Å². The van der Waals surface area contributed by atoms with E-state index >= 15 is 0 Å². The minimum atomic E-state index is -0.0920. The second-order valence-electron chi connectivity index (χ2n) is 4.97. The van der Waals surface area contributed by atoms with Crippen molar-refractivity contribution < 1.29 is 4.79 Å². The lowest BCUT2D eigenvalue weighted by molar-refractivity contribution is 0.206. The van der Waals surface area contributed by atoms with Crippen LogP contribution in [0, 0.1) is 0 Å². The lowest BCUT2D eigenvalue weighted by atomic mass is 10.1. The van der Waals surface area contributed by atoms with Gasteiger partial charge < -0.3 is 16.0 Å². The summed E-state index contributed by atoms with van der Waals surface area (Å²) in [4.78, 5) is 13.8. The van der Waals surface area contributed by atoms with Crippen molar-refractivity contribution in [3.63, 3.8) is 0 Å². The first kappa shape index (κ1) is 15.1. The maximum Gasteiger partial charge on any atom is 0.317 e. The lowest BCUT2D eigenvalue weighted by Gasteiger charge is -2.19. The van der Waals surface area contributed by atoms with Crippen LogP contribution in [0.1, 0.15) is 16.7 Å². The molecule has 110 valence electrons. The van der Waals surface area contributed by atoms with Gasteiger partial charge in [0.05, 0.1) is 0 Å². The Hall–Kier alpha value is -2.33. The summed E-state index contributed by atoms with van der Waals surface area (Å²) < 4.78 is 0. The molecule has 0 spiro atoms. The Bertz CT molecular complexity index is 584. The summed E-state index contributed by atoms with van der Waals surface area (Å²) in [5.41, 5.74) is 8.95. The van der Waals surface area contributed by atoms with Crippen LogP contribution < -0.4 is 11.1 Å². The molecule has 0 radical (unpaired) electrons. The number of hydrogen-bond acceptors (Lipinski definition) is 2. The van der Waals surface area contributed by atoms with E-state index in [1.165, 1.54) is 0 Å². The highest BCUT2D eigenvalue weighted by Gasteiger charge is 2.10. The standard InChI is InChI=1S/C17H21N3O/c1-20(13-16-10-6-5-9-15(16)11-18)17(21)19-12-14-7-3-2-4-8-14/h2-10H,11-13,18H2,1H3,(H,19,21). The SMILES string of the molecule is CN(Cc1ccccc1CN)C(=O)NCc1ccccc1. The van der Waals surface area contributed by atoms with Gasteiger partial charge in [-0.25, -0.2) is 4.79 Å². The fraction of sp³-hybridized carbons (Fsp3) is 0.235. The molecule has 2 aromatic rings. The molecule has 0 aliphatic heterocycles. The van der Waals surface area contributed by atoms with Crippen molar-refractivity contribution in [2.45, 2.75) is 19.6 Å². The number of nitrogens with zero attached hydrogens (tertiary/aromatic N) is 1. The largest absolute Gasteiger partial charge is 0.334 e. The summed E-state index contributed by atoms with van der Waals surface area (Å²) in [7, 11) is 1.79.